The van der Waals surface area contributed by atoms with Crippen LogP contribution in [0.5, 0.6) is 0 Å². The zero-order valence-electron chi connectivity index (χ0n) is 22.0. The number of aromatic nitrogens is 2. The highest BCUT2D eigenvalue weighted by molar-refractivity contribution is 7.20. The van der Waals surface area contributed by atoms with Gasteiger partial charge >= 0.3 is 5.97 Å². The lowest BCUT2D eigenvalue weighted by molar-refractivity contribution is 0.000565. The Kier molecular flexibility index (Phi) is 10.8. The van der Waals surface area contributed by atoms with E-state index in [0.29, 0.717) is 58.6 Å². The summed E-state index contributed by atoms with van der Waals surface area (Å²) >= 11 is 1.18. The molecule has 1 unspecified atom stereocenters. The molecule has 202 valence electrons. The van der Waals surface area contributed by atoms with Crippen molar-refractivity contribution in [2.24, 2.45) is 5.92 Å². The van der Waals surface area contributed by atoms with E-state index in [1.807, 2.05) is 0 Å². The second-order valence-electron chi connectivity index (χ2n) is 9.98. The van der Waals surface area contributed by atoms with Gasteiger partial charge in [0.05, 0.1) is 44.0 Å². The van der Waals surface area contributed by atoms with Crippen molar-refractivity contribution >= 4 is 27.5 Å². The molecule has 36 heavy (non-hydrogen) atoms. The van der Waals surface area contributed by atoms with Crippen LogP contribution in [0.1, 0.15) is 48.8 Å². The lowest BCUT2D eigenvalue weighted by Gasteiger charge is -2.30. The molecule has 0 aliphatic carbocycles. The summed E-state index contributed by atoms with van der Waals surface area (Å²) in [6.07, 6.45) is -0.912. The Morgan fingerprint density at radius 1 is 1.25 bits per heavy atom. The molecule has 0 radical (unpaired) electrons. The number of thiophene rings is 1. The molecule has 0 saturated carbocycles. The van der Waals surface area contributed by atoms with E-state index in [-0.39, 0.29) is 18.3 Å². The highest BCUT2D eigenvalue weighted by Gasteiger charge is 2.22. The summed E-state index contributed by atoms with van der Waals surface area (Å²) in [6, 6.07) is 0. The number of hydrogen-bond donors (Lipinski definition) is 2. The minimum absolute atomic E-state index is 0.250. The molecule has 2 aromatic rings. The number of nitrogens with zero attached hydrogens (tertiary/aromatic N) is 3. The van der Waals surface area contributed by atoms with Crippen molar-refractivity contribution < 1.29 is 24.1 Å². The summed E-state index contributed by atoms with van der Waals surface area (Å²) < 4.78 is 16.4. The molecule has 1 aliphatic heterocycles. The Bertz CT molecular complexity index is 1050. The fourth-order valence-corrected chi connectivity index (χ4v) is 5.15. The van der Waals surface area contributed by atoms with E-state index in [9.17, 15) is 14.7 Å². The molecule has 1 aliphatic rings. The van der Waals surface area contributed by atoms with Gasteiger partial charge in [-0.2, -0.15) is 0 Å². The van der Waals surface area contributed by atoms with Crippen molar-refractivity contribution in [3.63, 3.8) is 0 Å². The maximum Gasteiger partial charge on any atom is 0.348 e. The molecule has 0 aromatic carbocycles. The topological polar surface area (TPSA) is 117 Å². The SMILES string of the molecule is Cc1c(C(=O)OC(C)C)sc2nc(CN(CCN3CCOCC3)CC(O)COCC(C)C)[nH]c(=O)c12. The van der Waals surface area contributed by atoms with Gasteiger partial charge in [0.2, 0.25) is 0 Å². The maximum atomic E-state index is 12.9. The van der Waals surface area contributed by atoms with Crippen molar-refractivity contribution in [2.45, 2.75) is 53.4 Å². The summed E-state index contributed by atoms with van der Waals surface area (Å²) in [5.41, 5.74) is 0.309. The third-order valence-corrected chi connectivity index (χ3v) is 6.98. The van der Waals surface area contributed by atoms with E-state index in [1.54, 1.807) is 20.8 Å². The molecule has 0 amide bonds. The second kappa shape index (κ2) is 13.6. The van der Waals surface area contributed by atoms with Gasteiger partial charge in [0.1, 0.15) is 15.5 Å². The number of esters is 1. The standard InChI is InChI=1S/C25H40N4O6S/c1-16(2)14-34-15-19(30)12-29(7-6-28-8-10-33-11-9-28)13-20-26-23(31)21-18(5)22(36-24(21)27-20)25(32)35-17(3)4/h16-17,19,30H,6-15H2,1-5H3,(H,26,27,31). The van der Waals surface area contributed by atoms with Crippen molar-refractivity contribution in [3.05, 3.63) is 26.6 Å². The first-order chi connectivity index (χ1) is 17.1. The number of aryl methyl sites for hydroxylation is 1. The summed E-state index contributed by atoms with van der Waals surface area (Å²) in [5.74, 6) is 0.450. The number of H-pyrrole nitrogens is 1. The van der Waals surface area contributed by atoms with Crippen molar-refractivity contribution in [3.8, 4) is 0 Å². The Balaban J connectivity index is 1.76. The number of hydrogen-bond acceptors (Lipinski definition) is 10. The predicted molar refractivity (Wildman–Crippen MR) is 140 cm³/mol. The molecular weight excluding hydrogens is 484 g/mol. The van der Waals surface area contributed by atoms with Gasteiger partial charge in [0.15, 0.2) is 0 Å². The maximum absolute atomic E-state index is 12.9. The number of ether oxygens (including phenoxy) is 3. The van der Waals surface area contributed by atoms with Crippen molar-refractivity contribution in [2.75, 3.05) is 59.2 Å². The first kappa shape index (κ1) is 28.7. The van der Waals surface area contributed by atoms with E-state index in [4.69, 9.17) is 14.2 Å². The van der Waals surface area contributed by atoms with Crippen LogP contribution in [0, 0.1) is 12.8 Å². The molecular formula is C25H40N4O6S. The molecule has 2 N–H and O–H groups in total. The first-order valence-corrected chi connectivity index (χ1v) is 13.5. The molecule has 2 aromatic heterocycles. The number of morpholine rings is 1. The van der Waals surface area contributed by atoms with Gasteiger partial charge in [-0.15, -0.1) is 11.3 Å². The van der Waals surface area contributed by atoms with Gasteiger partial charge in [-0.05, 0) is 32.3 Å². The Hall–Kier alpha value is -1.89. The van der Waals surface area contributed by atoms with Crippen LogP contribution in [-0.4, -0.2) is 102 Å². The fourth-order valence-electron chi connectivity index (χ4n) is 4.07. The third kappa shape index (κ3) is 8.32. The van der Waals surface area contributed by atoms with Gasteiger partial charge in [-0.25, -0.2) is 9.78 Å². The van der Waals surface area contributed by atoms with Crippen molar-refractivity contribution in [1.29, 1.82) is 0 Å². The fraction of sp³-hybridized carbons (Fsp3) is 0.720. The zero-order valence-corrected chi connectivity index (χ0v) is 22.9. The van der Waals surface area contributed by atoms with Crippen LogP contribution in [0.4, 0.5) is 0 Å². The van der Waals surface area contributed by atoms with E-state index >= 15 is 0 Å². The van der Waals surface area contributed by atoms with Gasteiger partial charge < -0.3 is 24.3 Å². The normalized spacial score (nSPS) is 15.9. The molecule has 1 fully saturated rings. The summed E-state index contributed by atoms with van der Waals surface area (Å²) in [4.78, 5) is 38.3. The first-order valence-electron chi connectivity index (χ1n) is 12.7. The monoisotopic (exact) mass is 524 g/mol. The van der Waals surface area contributed by atoms with E-state index in [2.05, 4.69) is 33.6 Å². The van der Waals surface area contributed by atoms with Crippen LogP contribution in [0.25, 0.3) is 10.2 Å². The molecule has 0 spiro atoms. The summed E-state index contributed by atoms with van der Waals surface area (Å²) in [5, 5.41) is 11.0. The van der Waals surface area contributed by atoms with E-state index in [0.717, 1.165) is 32.8 Å². The van der Waals surface area contributed by atoms with Gasteiger partial charge in [-0.1, -0.05) is 13.8 Å². The third-order valence-electron chi connectivity index (χ3n) is 5.82. The van der Waals surface area contributed by atoms with Crippen LogP contribution in [0.3, 0.4) is 0 Å². The Morgan fingerprint density at radius 2 is 1.97 bits per heavy atom. The summed E-state index contributed by atoms with van der Waals surface area (Å²) in [7, 11) is 0. The van der Waals surface area contributed by atoms with Gasteiger partial charge in [0.25, 0.3) is 5.56 Å². The highest BCUT2D eigenvalue weighted by Crippen LogP contribution is 2.28. The van der Waals surface area contributed by atoms with Crippen LogP contribution < -0.4 is 5.56 Å². The van der Waals surface area contributed by atoms with Gasteiger partial charge in [-0.3, -0.25) is 14.6 Å². The molecule has 1 atom stereocenters. The van der Waals surface area contributed by atoms with E-state index < -0.39 is 12.1 Å². The number of aliphatic hydroxyl groups excluding tert-OH is 1. The van der Waals surface area contributed by atoms with Crippen LogP contribution in [-0.2, 0) is 20.8 Å². The lowest BCUT2D eigenvalue weighted by Crippen LogP contribution is -2.43. The molecule has 3 heterocycles. The minimum atomic E-state index is -0.662. The second-order valence-corrected chi connectivity index (χ2v) is 11.0. The minimum Gasteiger partial charge on any atom is -0.459 e. The largest absolute Gasteiger partial charge is 0.459 e. The number of aromatic amines is 1. The Morgan fingerprint density at radius 3 is 2.64 bits per heavy atom. The summed E-state index contributed by atoms with van der Waals surface area (Å²) in [6.45, 7) is 15.7. The lowest BCUT2D eigenvalue weighted by atomic mass is 10.2. The number of carbonyl (C=O) groups excluding carboxylic acids is 1. The van der Waals surface area contributed by atoms with Crippen LogP contribution in [0.2, 0.25) is 0 Å². The number of carbonyl (C=O) groups is 1. The van der Waals surface area contributed by atoms with Crippen molar-refractivity contribution in [1.82, 2.24) is 19.8 Å². The quantitative estimate of drug-likeness (QED) is 0.380. The number of aliphatic hydroxyl groups is 1. The number of fused-ring (bicyclic) bond motifs is 1. The molecule has 3 rings (SSSR count). The highest BCUT2D eigenvalue weighted by atomic mass is 32.1. The Labute approximate surface area is 216 Å². The predicted octanol–water partition coefficient (Wildman–Crippen LogP) is 2.03. The average molecular weight is 525 g/mol. The number of rotatable bonds is 13. The zero-order chi connectivity index (χ0) is 26.2. The number of nitrogens with one attached hydrogen (secondary N) is 1. The molecule has 0 bridgehead atoms. The van der Waals surface area contributed by atoms with E-state index in [1.165, 1.54) is 11.3 Å². The molecule has 1 saturated heterocycles. The van der Waals surface area contributed by atoms with Crippen LogP contribution in [0.15, 0.2) is 4.79 Å². The molecule has 10 nitrogen and oxygen atoms in total. The molecule has 11 heteroatoms. The average Bonchev–Trinajstić information content (AvgIpc) is 3.14. The smallest absolute Gasteiger partial charge is 0.348 e. The van der Waals surface area contributed by atoms with Gasteiger partial charge in [0, 0.05) is 39.3 Å². The van der Waals surface area contributed by atoms with Crippen LogP contribution >= 0.6 is 11.3 Å².